The summed E-state index contributed by atoms with van der Waals surface area (Å²) < 4.78 is 16.3. The molecular weight excluding hydrogens is 444 g/mol. The van der Waals surface area contributed by atoms with Gasteiger partial charge in [0.2, 0.25) is 5.91 Å². The van der Waals surface area contributed by atoms with Crippen LogP contribution in [0.1, 0.15) is 39.7 Å². The molecule has 1 N–H and O–H groups in total. The van der Waals surface area contributed by atoms with Gasteiger partial charge in [-0.3, -0.25) is 9.59 Å². The second kappa shape index (κ2) is 11.8. The molecule has 0 saturated carbocycles. The maximum absolute atomic E-state index is 13.3. The predicted molar refractivity (Wildman–Crippen MR) is 129 cm³/mol. The molecule has 0 heterocycles. The van der Waals surface area contributed by atoms with Crippen molar-refractivity contribution in [3.8, 4) is 17.2 Å². The second-order valence-electron chi connectivity index (χ2n) is 8.65. The number of rotatable bonds is 10. The first-order valence-corrected chi connectivity index (χ1v) is 11.2. The first-order valence-electron chi connectivity index (χ1n) is 10.8. The minimum Gasteiger partial charge on any atom is -0.496 e. The summed E-state index contributed by atoms with van der Waals surface area (Å²) in [5.74, 6) is 0.993. The number of ether oxygens (including phenoxy) is 3. The molecule has 33 heavy (non-hydrogen) atoms. The first-order chi connectivity index (χ1) is 15.6. The van der Waals surface area contributed by atoms with Gasteiger partial charge in [0.15, 0.2) is 6.61 Å². The zero-order valence-electron chi connectivity index (χ0n) is 20.1. The quantitative estimate of drug-likeness (QED) is 0.548. The predicted octanol–water partition coefficient (Wildman–Crippen LogP) is 4.46. The average molecular weight is 477 g/mol. The van der Waals surface area contributed by atoms with Crippen LogP contribution in [-0.2, 0) is 16.1 Å². The van der Waals surface area contributed by atoms with E-state index in [1.807, 2.05) is 39.8 Å². The summed E-state index contributed by atoms with van der Waals surface area (Å²) in [7, 11) is 3.08. The number of methoxy groups -OCH3 is 2. The lowest BCUT2D eigenvalue weighted by Gasteiger charge is -2.33. The van der Waals surface area contributed by atoms with Gasteiger partial charge in [0.1, 0.15) is 23.3 Å². The summed E-state index contributed by atoms with van der Waals surface area (Å²) in [4.78, 5) is 27.9. The molecule has 0 spiro atoms. The molecule has 0 aliphatic heterocycles. The van der Waals surface area contributed by atoms with Crippen LogP contribution in [0.5, 0.6) is 17.2 Å². The Morgan fingerprint density at radius 3 is 2.03 bits per heavy atom. The normalized spacial score (nSPS) is 12.0. The number of amides is 2. The van der Waals surface area contributed by atoms with Gasteiger partial charge < -0.3 is 24.4 Å². The lowest BCUT2D eigenvalue weighted by Crippen LogP contribution is -2.54. The molecule has 2 amide bonds. The van der Waals surface area contributed by atoms with Gasteiger partial charge in [-0.2, -0.15) is 0 Å². The van der Waals surface area contributed by atoms with Crippen molar-refractivity contribution in [1.29, 1.82) is 0 Å². The van der Waals surface area contributed by atoms with Gasteiger partial charge in [0.25, 0.3) is 5.91 Å². The van der Waals surface area contributed by atoms with Crippen molar-refractivity contribution < 1.29 is 23.8 Å². The maximum Gasteiger partial charge on any atom is 0.261 e. The molecule has 7 nitrogen and oxygen atoms in total. The molecule has 0 fully saturated rings. The third-order valence-electron chi connectivity index (χ3n) is 4.84. The Labute approximate surface area is 201 Å². The number of hydrogen-bond donors (Lipinski definition) is 1. The van der Waals surface area contributed by atoms with E-state index in [1.165, 1.54) is 14.2 Å². The van der Waals surface area contributed by atoms with Crippen LogP contribution in [-0.4, -0.2) is 49.1 Å². The van der Waals surface area contributed by atoms with E-state index >= 15 is 0 Å². The van der Waals surface area contributed by atoms with Crippen LogP contribution in [0, 0.1) is 0 Å². The molecule has 0 aromatic heterocycles. The number of nitrogens with one attached hydrogen (secondary N) is 1. The lowest BCUT2D eigenvalue weighted by atomic mass is 10.1. The Balaban J connectivity index is 2.26. The van der Waals surface area contributed by atoms with Crippen LogP contribution >= 0.6 is 11.6 Å². The highest BCUT2D eigenvalue weighted by Gasteiger charge is 2.31. The number of carbonyl (C=O) groups excluding carboxylic acids is 2. The SMILES string of the molecule is CC[C@@H](C(=O)NC(C)(C)C)N(Cc1ccc(Cl)cc1)C(=O)COc1cc(OC)cc(OC)c1. The minimum atomic E-state index is -0.657. The van der Waals surface area contributed by atoms with Crippen LogP contribution in [0.3, 0.4) is 0 Å². The molecule has 0 aliphatic carbocycles. The van der Waals surface area contributed by atoms with Crippen LogP contribution < -0.4 is 19.5 Å². The van der Waals surface area contributed by atoms with Crippen molar-refractivity contribution in [3.63, 3.8) is 0 Å². The first kappa shape index (κ1) is 26.3. The van der Waals surface area contributed by atoms with Crippen molar-refractivity contribution in [1.82, 2.24) is 10.2 Å². The van der Waals surface area contributed by atoms with Crippen molar-refractivity contribution in [3.05, 3.63) is 53.1 Å². The molecule has 2 rings (SSSR count). The van der Waals surface area contributed by atoms with Gasteiger partial charge in [-0.05, 0) is 44.9 Å². The largest absolute Gasteiger partial charge is 0.496 e. The summed E-state index contributed by atoms with van der Waals surface area (Å²) in [5, 5.41) is 3.58. The Morgan fingerprint density at radius 1 is 1.00 bits per heavy atom. The van der Waals surface area contributed by atoms with E-state index < -0.39 is 11.6 Å². The van der Waals surface area contributed by atoms with Crippen LogP contribution in [0.25, 0.3) is 0 Å². The lowest BCUT2D eigenvalue weighted by molar-refractivity contribution is -0.143. The van der Waals surface area contributed by atoms with Crippen LogP contribution in [0.4, 0.5) is 0 Å². The highest BCUT2D eigenvalue weighted by Crippen LogP contribution is 2.27. The molecule has 1 atom stereocenters. The second-order valence-corrected chi connectivity index (χ2v) is 9.08. The van der Waals surface area contributed by atoms with Gasteiger partial charge in [0.05, 0.1) is 14.2 Å². The Kier molecular flexibility index (Phi) is 9.41. The Hall–Kier alpha value is -2.93. The smallest absolute Gasteiger partial charge is 0.261 e. The number of nitrogens with zero attached hydrogens (tertiary/aromatic N) is 1. The van der Waals surface area contributed by atoms with Crippen molar-refractivity contribution in [2.24, 2.45) is 0 Å². The maximum atomic E-state index is 13.3. The van der Waals surface area contributed by atoms with E-state index in [9.17, 15) is 9.59 Å². The molecule has 180 valence electrons. The minimum absolute atomic E-state index is 0.213. The van der Waals surface area contributed by atoms with Crippen molar-refractivity contribution in [2.45, 2.75) is 52.2 Å². The highest BCUT2D eigenvalue weighted by atomic mass is 35.5. The van der Waals surface area contributed by atoms with Gasteiger partial charge >= 0.3 is 0 Å². The Bertz CT molecular complexity index is 919. The molecule has 0 unspecified atom stereocenters. The van der Waals surface area contributed by atoms with Gasteiger partial charge in [-0.25, -0.2) is 0 Å². The fraction of sp³-hybridized carbons (Fsp3) is 0.440. The van der Waals surface area contributed by atoms with Gasteiger partial charge in [0, 0.05) is 35.3 Å². The van der Waals surface area contributed by atoms with Crippen LogP contribution in [0.15, 0.2) is 42.5 Å². The summed E-state index contributed by atoms with van der Waals surface area (Å²) in [6.07, 6.45) is 0.453. The molecule has 2 aromatic rings. The van der Waals surface area contributed by atoms with Crippen molar-refractivity contribution >= 4 is 23.4 Å². The number of hydrogen-bond acceptors (Lipinski definition) is 5. The highest BCUT2D eigenvalue weighted by molar-refractivity contribution is 6.30. The number of benzene rings is 2. The average Bonchev–Trinajstić information content (AvgIpc) is 2.77. The molecule has 2 aromatic carbocycles. The van der Waals surface area contributed by atoms with E-state index in [2.05, 4.69) is 5.32 Å². The van der Waals surface area contributed by atoms with E-state index in [1.54, 1.807) is 35.2 Å². The molecule has 0 saturated heterocycles. The summed E-state index contributed by atoms with van der Waals surface area (Å²) in [6, 6.07) is 11.6. The monoisotopic (exact) mass is 476 g/mol. The van der Waals surface area contributed by atoms with E-state index in [0.29, 0.717) is 28.7 Å². The number of halogens is 1. The third kappa shape index (κ3) is 8.17. The molecular formula is C25H33ClN2O5. The van der Waals surface area contributed by atoms with Crippen LogP contribution in [0.2, 0.25) is 5.02 Å². The van der Waals surface area contributed by atoms with E-state index in [0.717, 1.165) is 5.56 Å². The summed E-state index contributed by atoms with van der Waals surface area (Å²) in [6.45, 7) is 7.59. The standard InChI is InChI=1S/C25H33ClN2O5/c1-7-22(24(30)27-25(2,3)4)28(15-17-8-10-18(26)11-9-17)23(29)16-33-21-13-19(31-5)12-20(14-21)32-6/h8-14,22H,7,15-16H2,1-6H3,(H,27,30)/t22-/m0/s1. The zero-order valence-corrected chi connectivity index (χ0v) is 20.9. The van der Waals surface area contributed by atoms with E-state index in [-0.39, 0.29) is 25.0 Å². The van der Waals surface area contributed by atoms with E-state index in [4.69, 9.17) is 25.8 Å². The Morgan fingerprint density at radius 2 is 1.55 bits per heavy atom. The topological polar surface area (TPSA) is 77.1 Å². The number of carbonyl (C=O) groups is 2. The molecule has 0 radical (unpaired) electrons. The van der Waals surface area contributed by atoms with Gasteiger partial charge in [-0.1, -0.05) is 30.7 Å². The molecule has 0 bridgehead atoms. The van der Waals surface area contributed by atoms with Gasteiger partial charge in [-0.15, -0.1) is 0 Å². The molecule has 8 heteroatoms. The fourth-order valence-electron chi connectivity index (χ4n) is 3.25. The van der Waals surface area contributed by atoms with Crippen molar-refractivity contribution in [2.75, 3.05) is 20.8 Å². The summed E-state index contributed by atoms with van der Waals surface area (Å²) >= 11 is 6.01. The third-order valence-corrected chi connectivity index (χ3v) is 5.09. The summed E-state index contributed by atoms with van der Waals surface area (Å²) in [5.41, 5.74) is 0.436. The molecule has 0 aliphatic rings. The zero-order chi connectivity index (χ0) is 24.6. The fourth-order valence-corrected chi connectivity index (χ4v) is 3.38.